The summed E-state index contributed by atoms with van der Waals surface area (Å²) in [6.45, 7) is 2.69. The first kappa shape index (κ1) is 16.7. The Balaban J connectivity index is 1.52. The van der Waals surface area contributed by atoms with E-state index in [9.17, 15) is 4.79 Å². The molecule has 5 nitrogen and oxygen atoms in total. The van der Waals surface area contributed by atoms with Crippen molar-refractivity contribution in [3.8, 4) is 11.3 Å². The van der Waals surface area contributed by atoms with Gasteiger partial charge in [0.2, 0.25) is 5.91 Å². The number of amides is 1. The number of hydrogen-bond acceptors (Lipinski definition) is 4. The highest BCUT2D eigenvalue weighted by atomic mass is 16.4. The minimum Gasteiger partial charge on any atom is -0.441 e. The molecule has 1 aromatic heterocycles. The Bertz CT molecular complexity index is 678. The SMILES string of the molecule is Cc1ccc(-c2cnc(CCC(=O)NC3CCCC3CN)o2)cc1. The van der Waals surface area contributed by atoms with Gasteiger partial charge in [0.05, 0.1) is 6.20 Å². The van der Waals surface area contributed by atoms with E-state index in [0.717, 1.165) is 30.6 Å². The van der Waals surface area contributed by atoms with E-state index in [1.165, 1.54) is 5.56 Å². The molecule has 1 fully saturated rings. The fourth-order valence-corrected chi connectivity index (χ4v) is 3.29. The fourth-order valence-electron chi connectivity index (χ4n) is 3.29. The molecule has 1 amide bonds. The van der Waals surface area contributed by atoms with Crippen molar-refractivity contribution in [2.75, 3.05) is 6.54 Å². The van der Waals surface area contributed by atoms with Gasteiger partial charge in [-0.25, -0.2) is 4.98 Å². The molecule has 2 unspecified atom stereocenters. The van der Waals surface area contributed by atoms with E-state index in [0.29, 0.717) is 31.2 Å². The lowest BCUT2D eigenvalue weighted by molar-refractivity contribution is -0.122. The standard InChI is InChI=1S/C19H25N3O2/c1-13-5-7-14(8-6-13)17-12-21-19(24-17)10-9-18(23)22-16-4-2-3-15(16)11-20/h5-8,12,15-16H,2-4,9-11,20H2,1H3,(H,22,23). The molecule has 1 heterocycles. The molecule has 1 aliphatic rings. The number of nitrogens with zero attached hydrogens (tertiary/aromatic N) is 1. The van der Waals surface area contributed by atoms with Crippen LogP contribution >= 0.6 is 0 Å². The van der Waals surface area contributed by atoms with Crippen LogP contribution in [-0.4, -0.2) is 23.5 Å². The number of benzene rings is 1. The van der Waals surface area contributed by atoms with Crippen molar-refractivity contribution < 1.29 is 9.21 Å². The van der Waals surface area contributed by atoms with Crippen LogP contribution in [0.1, 0.15) is 37.1 Å². The lowest BCUT2D eigenvalue weighted by Gasteiger charge is -2.19. The van der Waals surface area contributed by atoms with E-state index in [1.807, 2.05) is 31.2 Å². The third-order valence-corrected chi connectivity index (χ3v) is 4.76. The number of aryl methyl sites for hydroxylation is 2. The van der Waals surface area contributed by atoms with E-state index in [1.54, 1.807) is 6.20 Å². The molecule has 0 aliphatic heterocycles. The molecule has 3 rings (SSSR count). The summed E-state index contributed by atoms with van der Waals surface area (Å²) in [7, 11) is 0. The highest BCUT2D eigenvalue weighted by molar-refractivity contribution is 5.76. The largest absolute Gasteiger partial charge is 0.441 e. The van der Waals surface area contributed by atoms with Gasteiger partial charge in [0.25, 0.3) is 0 Å². The summed E-state index contributed by atoms with van der Waals surface area (Å²) in [6.07, 6.45) is 5.91. The van der Waals surface area contributed by atoms with Gasteiger partial charge in [-0.05, 0) is 32.2 Å². The van der Waals surface area contributed by atoms with Crippen LogP contribution in [0.5, 0.6) is 0 Å². The van der Waals surface area contributed by atoms with Crippen molar-refractivity contribution in [3.05, 3.63) is 41.9 Å². The van der Waals surface area contributed by atoms with Gasteiger partial charge in [-0.2, -0.15) is 0 Å². The Morgan fingerprint density at radius 3 is 2.88 bits per heavy atom. The minimum absolute atomic E-state index is 0.0513. The summed E-state index contributed by atoms with van der Waals surface area (Å²) in [5.74, 6) is 1.81. The number of nitrogens with two attached hydrogens (primary N) is 1. The van der Waals surface area contributed by atoms with E-state index in [2.05, 4.69) is 10.3 Å². The highest BCUT2D eigenvalue weighted by Gasteiger charge is 2.27. The van der Waals surface area contributed by atoms with E-state index >= 15 is 0 Å². The van der Waals surface area contributed by atoms with E-state index in [-0.39, 0.29) is 11.9 Å². The number of oxazole rings is 1. The second-order valence-electron chi connectivity index (χ2n) is 6.58. The Labute approximate surface area is 142 Å². The number of carbonyl (C=O) groups excluding carboxylic acids is 1. The van der Waals surface area contributed by atoms with Gasteiger partial charge in [0, 0.05) is 24.4 Å². The topological polar surface area (TPSA) is 81.2 Å². The number of rotatable bonds is 6. The van der Waals surface area contributed by atoms with Crippen LogP contribution < -0.4 is 11.1 Å². The second kappa shape index (κ2) is 7.62. The highest BCUT2D eigenvalue weighted by Crippen LogP contribution is 2.25. The van der Waals surface area contributed by atoms with Crippen LogP contribution in [-0.2, 0) is 11.2 Å². The maximum absolute atomic E-state index is 12.1. The summed E-state index contributed by atoms with van der Waals surface area (Å²) in [5.41, 5.74) is 7.96. The maximum Gasteiger partial charge on any atom is 0.220 e. The van der Waals surface area contributed by atoms with Crippen molar-refractivity contribution >= 4 is 5.91 Å². The van der Waals surface area contributed by atoms with Crippen molar-refractivity contribution in [1.29, 1.82) is 0 Å². The first-order valence-electron chi connectivity index (χ1n) is 8.67. The molecular formula is C19H25N3O2. The molecule has 1 aliphatic carbocycles. The molecule has 0 saturated heterocycles. The number of hydrogen-bond donors (Lipinski definition) is 2. The van der Waals surface area contributed by atoms with Gasteiger partial charge in [-0.1, -0.05) is 36.2 Å². The molecule has 1 saturated carbocycles. The van der Waals surface area contributed by atoms with Gasteiger partial charge in [-0.3, -0.25) is 4.79 Å². The van der Waals surface area contributed by atoms with Crippen molar-refractivity contribution in [3.63, 3.8) is 0 Å². The smallest absolute Gasteiger partial charge is 0.220 e. The monoisotopic (exact) mass is 327 g/mol. The van der Waals surface area contributed by atoms with E-state index in [4.69, 9.17) is 10.2 Å². The van der Waals surface area contributed by atoms with Gasteiger partial charge in [0.1, 0.15) is 0 Å². The van der Waals surface area contributed by atoms with Crippen LogP contribution in [0.3, 0.4) is 0 Å². The van der Waals surface area contributed by atoms with Crippen LogP contribution in [0.15, 0.2) is 34.9 Å². The first-order valence-corrected chi connectivity index (χ1v) is 8.67. The van der Waals surface area contributed by atoms with Crippen LogP contribution in [0.4, 0.5) is 0 Å². The molecule has 24 heavy (non-hydrogen) atoms. The van der Waals surface area contributed by atoms with Crippen molar-refractivity contribution in [2.45, 2.75) is 45.1 Å². The van der Waals surface area contributed by atoms with Gasteiger partial charge < -0.3 is 15.5 Å². The van der Waals surface area contributed by atoms with Crippen LogP contribution in [0, 0.1) is 12.8 Å². The Hall–Kier alpha value is -2.14. The normalized spacial score (nSPS) is 20.2. The first-order chi connectivity index (χ1) is 11.7. The number of nitrogens with one attached hydrogen (secondary N) is 1. The third-order valence-electron chi connectivity index (χ3n) is 4.76. The van der Waals surface area contributed by atoms with Gasteiger partial charge in [-0.15, -0.1) is 0 Å². The predicted octanol–water partition coefficient (Wildman–Crippen LogP) is 2.83. The number of carbonyl (C=O) groups is 1. The molecule has 0 spiro atoms. The molecule has 5 heteroatoms. The fraction of sp³-hybridized carbons (Fsp3) is 0.474. The Kier molecular flexibility index (Phi) is 5.30. The molecule has 2 aromatic rings. The minimum atomic E-state index is 0.0513. The Morgan fingerprint density at radius 2 is 2.12 bits per heavy atom. The van der Waals surface area contributed by atoms with Crippen molar-refractivity contribution in [2.24, 2.45) is 11.7 Å². The molecule has 0 bridgehead atoms. The Morgan fingerprint density at radius 1 is 1.33 bits per heavy atom. The third kappa shape index (κ3) is 4.03. The van der Waals surface area contributed by atoms with Crippen LogP contribution in [0.25, 0.3) is 11.3 Å². The quantitative estimate of drug-likeness (QED) is 0.855. The zero-order valence-electron chi connectivity index (χ0n) is 14.1. The lowest BCUT2D eigenvalue weighted by atomic mass is 10.0. The lowest BCUT2D eigenvalue weighted by Crippen LogP contribution is -2.39. The second-order valence-corrected chi connectivity index (χ2v) is 6.58. The molecule has 3 N–H and O–H groups in total. The average Bonchev–Trinajstić information content (AvgIpc) is 3.22. The van der Waals surface area contributed by atoms with Gasteiger partial charge in [0.15, 0.2) is 11.7 Å². The van der Waals surface area contributed by atoms with E-state index < -0.39 is 0 Å². The zero-order valence-corrected chi connectivity index (χ0v) is 14.1. The number of aromatic nitrogens is 1. The van der Waals surface area contributed by atoms with Gasteiger partial charge >= 0.3 is 0 Å². The molecule has 0 radical (unpaired) electrons. The summed E-state index contributed by atoms with van der Waals surface area (Å²) in [5, 5.41) is 3.11. The average molecular weight is 327 g/mol. The predicted molar refractivity (Wildman–Crippen MR) is 93.3 cm³/mol. The summed E-state index contributed by atoms with van der Waals surface area (Å²) in [4.78, 5) is 16.4. The van der Waals surface area contributed by atoms with Crippen LogP contribution in [0.2, 0.25) is 0 Å². The zero-order chi connectivity index (χ0) is 16.9. The maximum atomic E-state index is 12.1. The molecular weight excluding hydrogens is 302 g/mol. The summed E-state index contributed by atoms with van der Waals surface area (Å²) < 4.78 is 5.76. The molecule has 128 valence electrons. The molecule has 1 aromatic carbocycles. The summed E-state index contributed by atoms with van der Waals surface area (Å²) in [6, 6.07) is 8.34. The van der Waals surface area contributed by atoms with Crippen molar-refractivity contribution in [1.82, 2.24) is 10.3 Å². The summed E-state index contributed by atoms with van der Waals surface area (Å²) >= 11 is 0. The molecule has 2 atom stereocenters.